The highest BCUT2D eigenvalue weighted by molar-refractivity contribution is 5.40. The molecule has 1 aromatic carbocycles. The number of benzene rings is 1. The van der Waals surface area contributed by atoms with Crippen LogP contribution in [0.3, 0.4) is 0 Å². The number of aryl methyl sites for hydroxylation is 2. The van der Waals surface area contributed by atoms with Crippen molar-refractivity contribution in [3.8, 4) is 11.8 Å². The van der Waals surface area contributed by atoms with E-state index in [1.165, 1.54) is 18.4 Å². The molecule has 0 spiro atoms. The molecule has 102 valence electrons. The molecule has 1 aromatic heterocycles. The normalized spacial score (nSPS) is 9.90. The lowest BCUT2D eigenvalue weighted by atomic mass is 10.1. The monoisotopic (exact) mass is 264 g/mol. The Morgan fingerprint density at radius 3 is 2.30 bits per heavy atom. The number of unbranched alkanes of at least 4 members (excludes halogenated alkanes) is 1. The van der Waals surface area contributed by atoms with Gasteiger partial charge in [0.15, 0.2) is 0 Å². The van der Waals surface area contributed by atoms with Crippen molar-refractivity contribution in [3.05, 3.63) is 58.9 Å². The molecule has 0 saturated heterocycles. The molecule has 2 heteroatoms. The standard InChI is InChI=1S/C18H20N2/c1-3-5-6-15-7-9-16(10-8-15)11-12-18-14-13-17(4-2)19-20-18/h7-10,13-14H,3-6H2,1-2H3. The van der Waals surface area contributed by atoms with Crippen molar-refractivity contribution >= 4 is 0 Å². The van der Waals surface area contributed by atoms with Crippen LogP contribution in [0.4, 0.5) is 0 Å². The van der Waals surface area contributed by atoms with Gasteiger partial charge < -0.3 is 0 Å². The van der Waals surface area contributed by atoms with Crippen LogP contribution in [0, 0.1) is 11.8 Å². The fraction of sp³-hybridized carbons (Fsp3) is 0.333. The molecule has 2 aromatic rings. The molecule has 0 saturated carbocycles. The van der Waals surface area contributed by atoms with Gasteiger partial charge in [0.25, 0.3) is 0 Å². The van der Waals surface area contributed by atoms with E-state index in [4.69, 9.17) is 0 Å². The zero-order valence-corrected chi connectivity index (χ0v) is 12.2. The lowest BCUT2D eigenvalue weighted by Crippen LogP contribution is -1.92. The second-order valence-corrected chi connectivity index (χ2v) is 4.81. The van der Waals surface area contributed by atoms with Gasteiger partial charge >= 0.3 is 0 Å². The highest BCUT2D eigenvalue weighted by Gasteiger charge is 1.94. The first-order valence-electron chi connectivity index (χ1n) is 7.25. The van der Waals surface area contributed by atoms with Crippen LogP contribution in [-0.2, 0) is 12.8 Å². The molecular weight excluding hydrogens is 244 g/mol. The van der Waals surface area contributed by atoms with Crippen LogP contribution >= 0.6 is 0 Å². The van der Waals surface area contributed by atoms with Crippen molar-refractivity contribution in [2.45, 2.75) is 39.5 Å². The van der Waals surface area contributed by atoms with E-state index in [1.54, 1.807) is 0 Å². The van der Waals surface area contributed by atoms with Crippen LogP contribution in [0.1, 0.15) is 49.2 Å². The average Bonchev–Trinajstić information content (AvgIpc) is 2.52. The van der Waals surface area contributed by atoms with Crippen LogP contribution in [0.25, 0.3) is 0 Å². The van der Waals surface area contributed by atoms with Crippen LogP contribution in [0.15, 0.2) is 36.4 Å². The summed E-state index contributed by atoms with van der Waals surface area (Å²) in [6.45, 7) is 4.28. The van der Waals surface area contributed by atoms with Gasteiger partial charge in [0, 0.05) is 5.56 Å². The largest absolute Gasteiger partial charge is 0.154 e. The van der Waals surface area contributed by atoms with E-state index in [-0.39, 0.29) is 0 Å². The topological polar surface area (TPSA) is 25.8 Å². The molecule has 0 aliphatic heterocycles. The molecule has 0 aliphatic carbocycles. The Labute approximate surface area is 121 Å². The summed E-state index contributed by atoms with van der Waals surface area (Å²) in [5.74, 6) is 6.18. The maximum atomic E-state index is 4.10. The van der Waals surface area contributed by atoms with Gasteiger partial charge in [-0.25, -0.2) is 0 Å². The maximum Gasteiger partial charge on any atom is 0.136 e. The zero-order valence-electron chi connectivity index (χ0n) is 12.2. The first-order valence-corrected chi connectivity index (χ1v) is 7.25. The van der Waals surface area contributed by atoms with E-state index >= 15 is 0 Å². The fourth-order valence-electron chi connectivity index (χ4n) is 1.89. The van der Waals surface area contributed by atoms with Crippen LogP contribution < -0.4 is 0 Å². The third-order valence-corrected chi connectivity index (χ3v) is 3.19. The Kier molecular flexibility index (Phi) is 5.32. The minimum absolute atomic E-state index is 0.720. The molecule has 2 rings (SSSR count). The van der Waals surface area contributed by atoms with E-state index in [9.17, 15) is 0 Å². The number of hydrogen-bond acceptors (Lipinski definition) is 2. The first-order chi connectivity index (χ1) is 9.81. The summed E-state index contributed by atoms with van der Waals surface area (Å²) in [6.07, 6.45) is 4.52. The number of aromatic nitrogens is 2. The lowest BCUT2D eigenvalue weighted by Gasteiger charge is -1.99. The Balaban J connectivity index is 2.04. The molecule has 0 unspecified atom stereocenters. The van der Waals surface area contributed by atoms with Gasteiger partial charge in [-0.05, 0) is 55.0 Å². The summed E-state index contributed by atoms with van der Waals surface area (Å²) in [4.78, 5) is 0. The molecule has 0 fully saturated rings. The van der Waals surface area contributed by atoms with Crippen molar-refractivity contribution in [3.63, 3.8) is 0 Å². The molecule has 0 atom stereocenters. The van der Waals surface area contributed by atoms with Crippen molar-refractivity contribution in [1.29, 1.82) is 0 Å². The van der Waals surface area contributed by atoms with Crippen LogP contribution in [-0.4, -0.2) is 10.2 Å². The van der Waals surface area contributed by atoms with Crippen molar-refractivity contribution in [2.75, 3.05) is 0 Å². The molecular formula is C18H20N2. The van der Waals surface area contributed by atoms with Crippen LogP contribution in [0.2, 0.25) is 0 Å². The predicted molar refractivity (Wildman–Crippen MR) is 82.4 cm³/mol. The third kappa shape index (κ3) is 4.20. The summed E-state index contributed by atoms with van der Waals surface area (Å²) in [5.41, 5.74) is 4.11. The molecule has 0 N–H and O–H groups in total. The van der Waals surface area contributed by atoms with Gasteiger partial charge in [-0.2, -0.15) is 5.10 Å². The Morgan fingerprint density at radius 1 is 0.900 bits per heavy atom. The molecule has 2 nitrogen and oxygen atoms in total. The smallest absolute Gasteiger partial charge is 0.136 e. The van der Waals surface area contributed by atoms with Gasteiger partial charge in [-0.1, -0.05) is 38.3 Å². The third-order valence-electron chi connectivity index (χ3n) is 3.19. The average molecular weight is 264 g/mol. The van der Waals surface area contributed by atoms with E-state index in [1.807, 2.05) is 12.1 Å². The van der Waals surface area contributed by atoms with Crippen molar-refractivity contribution in [1.82, 2.24) is 10.2 Å². The number of rotatable bonds is 4. The predicted octanol–water partition coefficient (Wildman–Crippen LogP) is 3.78. The summed E-state index contributed by atoms with van der Waals surface area (Å²) in [7, 11) is 0. The van der Waals surface area contributed by atoms with E-state index in [0.29, 0.717) is 0 Å². The molecule has 0 aliphatic rings. The van der Waals surface area contributed by atoms with E-state index in [2.05, 4.69) is 60.2 Å². The molecule has 1 heterocycles. The number of hydrogen-bond donors (Lipinski definition) is 0. The second-order valence-electron chi connectivity index (χ2n) is 4.81. The van der Waals surface area contributed by atoms with Gasteiger partial charge in [0.1, 0.15) is 5.69 Å². The minimum atomic E-state index is 0.720. The van der Waals surface area contributed by atoms with E-state index < -0.39 is 0 Å². The van der Waals surface area contributed by atoms with Crippen molar-refractivity contribution < 1.29 is 0 Å². The number of nitrogens with zero attached hydrogens (tertiary/aromatic N) is 2. The first kappa shape index (κ1) is 14.3. The Bertz CT molecular complexity index is 586. The summed E-state index contributed by atoms with van der Waals surface area (Å²) in [5, 5.41) is 8.20. The Hall–Kier alpha value is -2.14. The molecule has 0 radical (unpaired) electrons. The lowest BCUT2D eigenvalue weighted by molar-refractivity contribution is 0.795. The molecule has 20 heavy (non-hydrogen) atoms. The molecule has 0 amide bonds. The maximum absolute atomic E-state index is 4.10. The summed E-state index contributed by atoms with van der Waals surface area (Å²) < 4.78 is 0. The van der Waals surface area contributed by atoms with Crippen LogP contribution in [0.5, 0.6) is 0 Å². The van der Waals surface area contributed by atoms with Crippen molar-refractivity contribution in [2.24, 2.45) is 0 Å². The Morgan fingerprint density at radius 2 is 1.70 bits per heavy atom. The van der Waals surface area contributed by atoms with Gasteiger partial charge in [-0.15, -0.1) is 5.10 Å². The van der Waals surface area contributed by atoms with Gasteiger partial charge in [-0.3, -0.25) is 0 Å². The zero-order chi connectivity index (χ0) is 14.2. The van der Waals surface area contributed by atoms with E-state index in [0.717, 1.165) is 29.8 Å². The minimum Gasteiger partial charge on any atom is -0.154 e. The quantitative estimate of drug-likeness (QED) is 0.785. The summed E-state index contributed by atoms with van der Waals surface area (Å²) >= 11 is 0. The van der Waals surface area contributed by atoms with Gasteiger partial charge in [0.05, 0.1) is 5.69 Å². The van der Waals surface area contributed by atoms with Gasteiger partial charge in [0.2, 0.25) is 0 Å². The second kappa shape index (κ2) is 7.45. The highest BCUT2D eigenvalue weighted by Crippen LogP contribution is 2.07. The SMILES string of the molecule is CCCCc1ccc(C#Cc2ccc(CC)nn2)cc1. The molecule has 0 bridgehead atoms. The summed E-state index contributed by atoms with van der Waals surface area (Å²) in [6, 6.07) is 12.4. The highest BCUT2D eigenvalue weighted by atomic mass is 15.1. The fourth-order valence-corrected chi connectivity index (χ4v) is 1.89.